The Labute approximate surface area is 261 Å². The number of carbonyl (C=O) groups is 2. The molecule has 3 heterocycles. The summed E-state index contributed by atoms with van der Waals surface area (Å²) in [5.74, 6) is -0.00990. The number of carbonyl (C=O) groups excluding carboxylic acids is 2. The Morgan fingerprint density at radius 2 is 1.69 bits per heavy atom. The Bertz CT molecular complexity index is 1760. The molecule has 0 radical (unpaired) electrons. The number of fused-ring (bicyclic) bond motifs is 1. The second-order valence-electron chi connectivity index (χ2n) is 10.8. The van der Waals surface area contributed by atoms with Gasteiger partial charge in [-0.15, -0.1) is 15.3 Å². The molecule has 0 aliphatic carbocycles. The molecule has 226 valence electrons. The zero-order valence-corrected chi connectivity index (χ0v) is 24.9. The third kappa shape index (κ3) is 7.13. The smallest absolute Gasteiger partial charge is 0.247 e. The monoisotopic (exact) mass is 599 g/mol. The molecule has 5 aromatic rings. The molecule has 2 aromatic heterocycles. The molecule has 1 aliphatic rings. The summed E-state index contributed by atoms with van der Waals surface area (Å²) in [5, 5.41) is 16.1. The van der Waals surface area contributed by atoms with Crippen LogP contribution in [0.15, 0.2) is 109 Å². The number of amides is 2. The van der Waals surface area contributed by atoms with E-state index < -0.39 is 6.04 Å². The first-order chi connectivity index (χ1) is 22.1. The normalized spacial score (nSPS) is 13.3. The van der Waals surface area contributed by atoms with E-state index in [0.717, 1.165) is 28.8 Å². The molecule has 1 atom stereocenters. The molecule has 10 nitrogen and oxygen atoms in total. The van der Waals surface area contributed by atoms with Crippen LogP contribution in [-0.4, -0.2) is 66.5 Å². The molecular formula is C35H33N7O3. The maximum absolute atomic E-state index is 14.5. The van der Waals surface area contributed by atoms with Gasteiger partial charge in [-0.05, 0) is 52.9 Å². The summed E-state index contributed by atoms with van der Waals surface area (Å²) in [6.07, 6.45) is 7.59. The summed E-state index contributed by atoms with van der Waals surface area (Å²) in [7, 11) is 1.52. The van der Waals surface area contributed by atoms with Crippen LogP contribution in [0.25, 0.3) is 11.8 Å². The summed E-state index contributed by atoms with van der Waals surface area (Å²) < 4.78 is 6.77. The van der Waals surface area contributed by atoms with Crippen LogP contribution >= 0.6 is 0 Å². The Morgan fingerprint density at radius 1 is 0.911 bits per heavy atom. The van der Waals surface area contributed by atoms with Gasteiger partial charge in [-0.2, -0.15) is 0 Å². The summed E-state index contributed by atoms with van der Waals surface area (Å²) in [6, 6.07) is 28.4. The summed E-state index contributed by atoms with van der Waals surface area (Å²) >= 11 is 0. The first-order valence-corrected chi connectivity index (χ1v) is 14.8. The van der Waals surface area contributed by atoms with Gasteiger partial charge in [0.1, 0.15) is 6.04 Å². The molecule has 0 spiro atoms. The van der Waals surface area contributed by atoms with E-state index in [1.54, 1.807) is 40.2 Å². The van der Waals surface area contributed by atoms with E-state index in [9.17, 15) is 9.59 Å². The quantitative estimate of drug-likeness (QED) is 0.220. The van der Waals surface area contributed by atoms with Crippen molar-refractivity contribution in [2.24, 2.45) is 0 Å². The highest BCUT2D eigenvalue weighted by molar-refractivity contribution is 5.95. The second-order valence-corrected chi connectivity index (χ2v) is 10.8. The lowest BCUT2D eigenvalue weighted by atomic mass is 9.97. The lowest BCUT2D eigenvalue weighted by molar-refractivity contribution is -0.144. The van der Waals surface area contributed by atoms with Gasteiger partial charge in [-0.25, -0.2) is 4.68 Å². The molecule has 45 heavy (non-hydrogen) atoms. The Kier molecular flexibility index (Phi) is 9.01. The van der Waals surface area contributed by atoms with E-state index in [1.807, 2.05) is 71.6 Å². The van der Waals surface area contributed by atoms with Gasteiger partial charge in [-0.3, -0.25) is 9.59 Å². The van der Waals surface area contributed by atoms with E-state index in [0.29, 0.717) is 31.1 Å². The maximum Gasteiger partial charge on any atom is 0.247 e. The van der Waals surface area contributed by atoms with Crippen LogP contribution < -0.4 is 4.74 Å². The predicted octanol–water partition coefficient (Wildman–Crippen LogP) is 4.30. The summed E-state index contributed by atoms with van der Waals surface area (Å²) in [5.41, 5.74) is 5.58. The maximum atomic E-state index is 14.5. The fourth-order valence-electron chi connectivity index (χ4n) is 5.48. The molecule has 0 N–H and O–H groups in total. The van der Waals surface area contributed by atoms with Crippen molar-refractivity contribution in [1.29, 1.82) is 0 Å². The van der Waals surface area contributed by atoms with E-state index in [1.165, 1.54) is 18.7 Å². The molecule has 1 aliphatic heterocycles. The van der Waals surface area contributed by atoms with Gasteiger partial charge < -0.3 is 14.5 Å². The third-order valence-corrected chi connectivity index (χ3v) is 7.90. The molecule has 0 bridgehead atoms. The van der Waals surface area contributed by atoms with E-state index >= 15 is 0 Å². The summed E-state index contributed by atoms with van der Waals surface area (Å²) in [6.45, 7) is 1.32. The van der Waals surface area contributed by atoms with Gasteiger partial charge in [0, 0.05) is 38.2 Å². The topological polar surface area (TPSA) is 106 Å². The molecule has 0 fully saturated rings. The van der Waals surface area contributed by atoms with Gasteiger partial charge in [0.15, 0.2) is 0 Å². The first kappa shape index (κ1) is 29.4. The first-order valence-electron chi connectivity index (χ1n) is 14.8. The highest BCUT2D eigenvalue weighted by Gasteiger charge is 2.34. The SMILES string of the molecule is COc1ccc(C=CC(=O)N(Cc2ccc(-n3ccnn3)cc2)[C@@H](Cc2ccccc2)C(=O)N2CCc3ccccc3C2)nn1. The Morgan fingerprint density at radius 3 is 2.40 bits per heavy atom. The number of hydrogen-bond acceptors (Lipinski definition) is 7. The van der Waals surface area contributed by atoms with Crippen LogP contribution in [-0.2, 0) is 35.5 Å². The lowest BCUT2D eigenvalue weighted by Crippen LogP contribution is -2.52. The van der Waals surface area contributed by atoms with Crippen molar-refractivity contribution in [3.63, 3.8) is 0 Å². The largest absolute Gasteiger partial charge is 0.480 e. The minimum absolute atomic E-state index is 0.0846. The molecule has 0 saturated carbocycles. The van der Waals surface area contributed by atoms with Crippen molar-refractivity contribution in [1.82, 2.24) is 35.0 Å². The van der Waals surface area contributed by atoms with Crippen molar-refractivity contribution >= 4 is 17.9 Å². The van der Waals surface area contributed by atoms with Crippen molar-refractivity contribution in [2.75, 3.05) is 13.7 Å². The van der Waals surface area contributed by atoms with Crippen molar-refractivity contribution in [3.8, 4) is 11.6 Å². The van der Waals surface area contributed by atoms with Crippen LogP contribution in [0.5, 0.6) is 5.88 Å². The van der Waals surface area contributed by atoms with Gasteiger partial charge in [0.25, 0.3) is 0 Å². The fraction of sp³-hybridized carbons (Fsp3) is 0.200. The molecule has 0 unspecified atom stereocenters. The number of benzene rings is 3. The Hall–Kier alpha value is -5.64. The van der Waals surface area contributed by atoms with Crippen LogP contribution in [0.1, 0.15) is 27.9 Å². The lowest BCUT2D eigenvalue weighted by Gasteiger charge is -2.36. The van der Waals surface area contributed by atoms with E-state index in [4.69, 9.17) is 4.74 Å². The average molecular weight is 600 g/mol. The molecule has 2 amide bonds. The molecule has 10 heteroatoms. The minimum atomic E-state index is -0.744. The van der Waals surface area contributed by atoms with Crippen LogP contribution in [0.3, 0.4) is 0 Å². The van der Waals surface area contributed by atoms with Gasteiger partial charge >= 0.3 is 0 Å². The summed E-state index contributed by atoms with van der Waals surface area (Å²) in [4.78, 5) is 32.1. The second kappa shape index (κ2) is 13.8. The Balaban J connectivity index is 1.33. The molecule has 3 aromatic carbocycles. The number of methoxy groups -OCH3 is 1. The van der Waals surface area contributed by atoms with E-state index in [2.05, 4.69) is 32.6 Å². The van der Waals surface area contributed by atoms with Crippen molar-refractivity contribution < 1.29 is 14.3 Å². The number of ether oxygens (including phenoxy) is 1. The van der Waals surface area contributed by atoms with Gasteiger partial charge in [0.2, 0.25) is 17.7 Å². The molecular weight excluding hydrogens is 566 g/mol. The van der Waals surface area contributed by atoms with Crippen molar-refractivity contribution in [2.45, 2.75) is 32.0 Å². The van der Waals surface area contributed by atoms with Crippen molar-refractivity contribution in [3.05, 3.63) is 137 Å². The number of nitrogens with zero attached hydrogens (tertiary/aromatic N) is 7. The minimum Gasteiger partial charge on any atom is -0.480 e. The van der Waals surface area contributed by atoms with E-state index in [-0.39, 0.29) is 18.4 Å². The van der Waals surface area contributed by atoms with Crippen LogP contribution in [0, 0.1) is 0 Å². The highest BCUT2D eigenvalue weighted by Crippen LogP contribution is 2.23. The predicted molar refractivity (Wildman–Crippen MR) is 169 cm³/mol. The highest BCUT2D eigenvalue weighted by atomic mass is 16.5. The molecule has 6 rings (SSSR count). The third-order valence-electron chi connectivity index (χ3n) is 7.90. The number of rotatable bonds is 10. The zero-order chi connectivity index (χ0) is 31.0. The van der Waals surface area contributed by atoms with Crippen LogP contribution in [0.2, 0.25) is 0 Å². The number of aromatic nitrogens is 5. The standard InChI is InChI=1S/C35H33N7O3/c1-45-33-17-13-30(37-38-33)14-18-34(43)41(24-27-11-15-31(16-12-27)42-22-20-36-39-42)32(23-26-7-3-2-4-8-26)35(44)40-21-19-28-9-5-6-10-29(28)25-40/h2-18,20,22,32H,19,21,23-25H2,1H3/t32-/m0/s1. The molecule has 0 saturated heterocycles. The fourth-order valence-corrected chi connectivity index (χ4v) is 5.48. The van der Waals surface area contributed by atoms with Crippen LogP contribution in [0.4, 0.5) is 0 Å². The zero-order valence-electron chi connectivity index (χ0n) is 24.9. The van der Waals surface area contributed by atoms with Gasteiger partial charge in [0.05, 0.1) is 30.9 Å². The van der Waals surface area contributed by atoms with Gasteiger partial charge in [-0.1, -0.05) is 71.9 Å². The average Bonchev–Trinajstić information content (AvgIpc) is 3.64. The number of hydrogen-bond donors (Lipinski definition) is 0.